The van der Waals surface area contributed by atoms with Gasteiger partial charge in [-0.25, -0.2) is 9.59 Å². The molecule has 2 aromatic heterocycles. The molecule has 0 aliphatic rings. The fourth-order valence-corrected chi connectivity index (χ4v) is 4.08. The van der Waals surface area contributed by atoms with Crippen LogP contribution in [0.25, 0.3) is 16.8 Å². The van der Waals surface area contributed by atoms with Gasteiger partial charge in [-0.15, -0.1) is 0 Å². The zero-order chi connectivity index (χ0) is 25.7. The van der Waals surface area contributed by atoms with Gasteiger partial charge in [0.05, 0.1) is 24.6 Å². The van der Waals surface area contributed by atoms with Crippen molar-refractivity contribution in [3.05, 3.63) is 89.2 Å². The monoisotopic (exact) mass is 487 g/mol. The molecule has 0 aliphatic carbocycles. The highest BCUT2D eigenvalue weighted by molar-refractivity contribution is 5.96. The molecule has 8 nitrogen and oxygen atoms in total. The van der Waals surface area contributed by atoms with Crippen LogP contribution in [0.3, 0.4) is 0 Å². The van der Waals surface area contributed by atoms with Crippen LogP contribution in [-0.4, -0.2) is 40.2 Å². The third-order valence-electron chi connectivity index (χ3n) is 6.00. The van der Waals surface area contributed by atoms with Crippen LogP contribution in [0.15, 0.2) is 66.9 Å². The van der Waals surface area contributed by atoms with Crippen LogP contribution in [-0.2, 0) is 4.74 Å². The molecule has 0 radical (unpaired) electrons. The summed E-state index contributed by atoms with van der Waals surface area (Å²) in [6, 6.07) is 18.0. The Balaban J connectivity index is 1.75. The topological polar surface area (TPSA) is 102 Å². The van der Waals surface area contributed by atoms with Gasteiger partial charge in [-0.3, -0.25) is 4.40 Å². The maximum atomic E-state index is 12.7. The van der Waals surface area contributed by atoms with E-state index in [1.54, 1.807) is 37.6 Å². The first-order valence-electron chi connectivity index (χ1n) is 11.8. The number of pyridine rings is 1. The first-order valence-corrected chi connectivity index (χ1v) is 11.8. The van der Waals surface area contributed by atoms with Gasteiger partial charge in [0.2, 0.25) is 5.88 Å². The summed E-state index contributed by atoms with van der Waals surface area (Å²) in [5.41, 5.74) is 4.68. The van der Waals surface area contributed by atoms with E-state index in [9.17, 15) is 14.7 Å². The number of ether oxygens (including phenoxy) is 2. The van der Waals surface area contributed by atoms with Crippen LogP contribution in [0.2, 0.25) is 0 Å². The molecule has 0 unspecified atom stereocenters. The Kier molecular flexibility index (Phi) is 7.53. The Hall–Kier alpha value is -4.33. The third-order valence-corrected chi connectivity index (χ3v) is 6.00. The Labute approximate surface area is 209 Å². The van der Waals surface area contributed by atoms with Crippen molar-refractivity contribution >= 4 is 17.7 Å². The van der Waals surface area contributed by atoms with Gasteiger partial charge in [-0.2, -0.15) is 4.98 Å². The van der Waals surface area contributed by atoms with E-state index in [1.165, 1.54) is 0 Å². The normalized spacial score (nSPS) is 11.8. The number of hydrogen-bond acceptors (Lipinski definition) is 5. The SMILES string of the molecule is CCCCNC(=O)O[C@H](c1ccc(-c2ccccc2C(=O)O)cc1)c1ccc(C)c2nc(OC)cn12. The van der Waals surface area contributed by atoms with E-state index in [0.29, 0.717) is 29.3 Å². The van der Waals surface area contributed by atoms with Crippen molar-refractivity contribution in [1.82, 2.24) is 14.7 Å². The maximum absolute atomic E-state index is 12.7. The summed E-state index contributed by atoms with van der Waals surface area (Å²) in [5, 5.41) is 12.4. The lowest BCUT2D eigenvalue weighted by atomic mass is 9.97. The number of hydrogen-bond donors (Lipinski definition) is 2. The lowest BCUT2D eigenvalue weighted by Gasteiger charge is -2.21. The van der Waals surface area contributed by atoms with Crippen molar-refractivity contribution in [1.29, 1.82) is 0 Å². The second-order valence-corrected chi connectivity index (χ2v) is 8.46. The molecule has 0 spiro atoms. The highest BCUT2D eigenvalue weighted by atomic mass is 16.6. The number of rotatable bonds is 9. The number of aryl methyl sites for hydroxylation is 1. The van der Waals surface area contributed by atoms with E-state index in [4.69, 9.17) is 9.47 Å². The van der Waals surface area contributed by atoms with Crippen molar-refractivity contribution in [3.63, 3.8) is 0 Å². The van der Waals surface area contributed by atoms with E-state index in [2.05, 4.69) is 17.2 Å². The van der Waals surface area contributed by atoms with Crippen LogP contribution in [0.1, 0.15) is 53.0 Å². The van der Waals surface area contributed by atoms with Crippen molar-refractivity contribution in [2.75, 3.05) is 13.7 Å². The lowest BCUT2D eigenvalue weighted by Crippen LogP contribution is -2.28. The van der Waals surface area contributed by atoms with Gasteiger partial charge < -0.3 is 19.9 Å². The number of carbonyl (C=O) groups is 2. The Morgan fingerprint density at radius 1 is 1.08 bits per heavy atom. The maximum Gasteiger partial charge on any atom is 0.408 e. The number of imidazole rings is 1. The molecule has 2 aromatic carbocycles. The number of methoxy groups -OCH3 is 1. The van der Waals surface area contributed by atoms with E-state index in [1.807, 2.05) is 47.7 Å². The van der Waals surface area contributed by atoms with E-state index < -0.39 is 18.2 Å². The molecule has 0 saturated carbocycles. The number of aromatic nitrogens is 2. The molecule has 186 valence electrons. The second kappa shape index (κ2) is 10.9. The van der Waals surface area contributed by atoms with Crippen molar-refractivity contribution < 1.29 is 24.2 Å². The predicted molar refractivity (Wildman–Crippen MR) is 137 cm³/mol. The van der Waals surface area contributed by atoms with E-state index in [-0.39, 0.29) is 5.56 Å². The summed E-state index contributed by atoms with van der Waals surface area (Å²) in [5.74, 6) is -0.534. The lowest BCUT2D eigenvalue weighted by molar-refractivity contribution is 0.0697. The zero-order valence-corrected chi connectivity index (χ0v) is 20.5. The van der Waals surface area contributed by atoms with Crippen molar-refractivity contribution in [2.24, 2.45) is 0 Å². The molecule has 4 aromatic rings. The number of aromatic carboxylic acids is 1. The third kappa shape index (κ3) is 5.17. The number of alkyl carbamates (subject to hydrolysis) is 1. The molecule has 0 fully saturated rings. The molecular formula is C28H29N3O5. The minimum absolute atomic E-state index is 0.221. The Morgan fingerprint density at radius 2 is 1.83 bits per heavy atom. The summed E-state index contributed by atoms with van der Waals surface area (Å²) < 4.78 is 13.1. The van der Waals surface area contributed by atoms with Gasteiger partial charge in [-0.1, -0.05) is 61.9 Å². The summed E-state index contributed by atoms with van der Waals surface area (Å²) in [4.78, 5) is 28.9. The molecule has 4 rings (SSSR count). The minimum atomic E-state index is -0.990. The second-order valence-electron chi connectivity index (χ2n) is 8.46. The number of amides is 1. The predicted octanol–water partition coefficient (Wildman–Crippen LogP) is 5.63. The number of nitrogens with one attached hydrogen (secondary N) is 1. The summed E-state index contributed by atoms with van der Waals surface area (Å²) in [6.07, 6.45) is 2.31. The van der Waals surface area contributed by atoms with Crippen molar-refractivity contribution in [3.8, 4) is 17.0 Å². The smallest absolute Gasteiger partial charge is 0.408 e. The first-order chi connectivity index (χ1) is 17.4. The average molecular weight is 488 g/mol. The van der Waals surface area contributed by atoms with Gasteiger partial charge in [0.25, 0.3) is 0 Å². The molecule has 0 aliphatic heterocycles. The number of carboxylic acids is 1. The van der Waals surface area contributed by atoms with E-state index >= 15 is 0 Å². The van der Waals surface area contributed by atoms with Gasteiger partial charge in [-0.05, 0) is 47.7 Å². The molecule has 0 bridgehead atoms. The van der Waals surface area contributed by atoms with E-state index in [0.717, 1.165) is 29.5 Å². The van der Waals surface area contributed by atoms with Crippen LogP contribution in [0.4, 0.5) is 4.79 Å². The summed E-state index contributed by atoms with van der Waals surface area (Å²) >= 11 is 0. The minimum Gasteiger partial charge on any atom is -0.480 e. The molecule has 1 atom stereocenters. The van der Waals surface area contributed by atoms with Crippen LogP contribution in [0, 0.1) is 6.92 Å². The number of benzene rings is 2. The quantitative estimate of drug-likeness (QED) is 0.297. The van der Waals surface area contributed by atoms with Crippen molar-refractivity contribution in [2.45, 2.75) is 32.8 Å². The van der Waals surface area contributed by atoms with Crippen LogP contribution in [0.5, 0.6) is 5.88 Å². The summed E-state index contributed by atoms with van der Waals surface area (Å²) in [6.45, 7) is 4.53. The van der Waals surface area contributed by atoms with Gasteiger partial charge in [0.1, 0.15) is 5.65 Å². The highest BCUT2D eigenvalue weighted by Crippen LogP contribution is 2.32. The Bertz CT molecular complexity index is 1380. The fourth-order valence-electron chi connectivity index (χ4n) is 4.08. The van der Waals surface area contributed by atoms with Gasteiger partial charge >= 0.3 is 12.1 Å². The number of carbonyl (C=O) groups excluding carboxylic acids is 1. The van der Waals surface area contributed by atoms with Gasteiger partial charge in [0, 0.05) is 6.54 Å². The molecular weight excluding hydrogens is 458 g/mol. The standard InChI is InChI=1S/C28H29N3O5/c1-4-5-16-29-28(34)36-25(23-15-10-18(2)26-30-24(35-3)17-31(23)26)20-13-11-19(12-14-20)21-8-6-7-9-22(21)27(32)33/h6-15,17,25H,4-5,16H2,1-3H3,(H,29,34)(H,32,33)/t25-/m1/s1. The number of nitrogens with zero attached hydrogens (tertiary/aromatic N) is 2. The first kappa shape index (κ1) is 24.8. The Morgan fingerprint density at radius 3 is 2.53 bits per heavy atom. The molecule has 36 heavy (non-hydrogen) atoms. The molecule has 0 saturated heterocycles. The zero-order valence-electron chi connectivity index (χ0n) is 20.5. The number of carboxylic acid groups (broad SMARTS) is 1. The van der Waals surface area contributed by atoms with Crippen LogP contribution < -0.4 is 10.1 Å². The average Bonchev–Trinajstić information content (AvgIpc) is 3.34. The van der Waals surface area contributed by atoms with Crippen LogP contribution >= 0.6 is 0 Å². The summed E-state index contributed by atoms with van der Waals surface area (Å²) in [7, 11) is 1.56. The largest absolute Gasteiger partial charge is 0.480 e. The molecule has 1 amide bonds. The molecule has 2 heterocycles. The highest BCUT2D eigenvalue weighted by Gasteiger charge is 2.23. The fraction of sp³-hybridized carbons (Fsp3) is 0.250. The molecule has 8 heteroatoms. The molecule has 2 N–H and O–H groups in total. The number of unbranched alkanes of at least 4 members (excludes halogenated alkanes) is 1. The number of fused-ring (bicyclic) bond motifs is 1. The van der Waals surface area contributed by atoms with Gasteiger partial charge in [0.15, 0.2) is 6.10 Å².